The van der Waals surface area contributed by atoms with Crippen LogP contribution >= 0.6 is 22.6 Å². The Hall–Kier alpha value is -2.29. The van der Waals surface area contributed by atoms with Crippen LogP contribution in [0.2, 0.25) is 0 Å². The zero-order valence-electron chi connectivity index (χ0n) is 14.7. The Bertz CT molecular complexity index is 751. The van der Waals surface area contributed by atoms with Crippen molar-refractivity contribution in [2.24, 2.45) is 5.10 Å². The molecule has 6 nitrogen and oxygen atoms in total. The molecule has 0 bridgehead atoms. The van der Waals surface area contributed by atoms with Crippen molar-refractivity contribution in [2.75, 3.05) is 25.2 Å². The normalized spacial score (nSPS) is 10.6. The van der Waals surface area contributed by atoms with Crippen LogP contribution in [0.4, 0.5) is 5.69 Å². The molecule has 0 amide bonds. The summed E-state index contributed by atoms with van der Waals surface area (Å²) in [7, 11) is 0. The van der Waals surface area contributed by atoms with Gasteiger partial charge in [-0.3, -0.25) is 5.43 Å². The van der Waals surface area contributed by atoms with Crippen molar-refractivity contribution in [3.8, 4) is 11.5 Å². The van der Waals surface area contributed by atoms with E-state index in [0.717, 1.165) is 14.8 Å². The highest BCUT2D eigenvalue weighted by Gasteiger charge is 2.14. The van der Waals surface area contributed by atoms with Crippen LogP contribution in [0.25, 0.3) is 0 Å². The van der Waals surface area contributed by atoms with Gasteiger partial charge >= 0.3 is 5.97 Å². The fourth-order valence-corrected chi connectivity index (χ4v) is 2.87. The van der Waals surface area contributed by atoms with Gasteiger partial charge in [0, 0.05) is 0 Å². The first-order chi connectivity index (χ1) is 12.6. The Morgan fingerprint density at radius 3 is 2.62 bits per heavy atom. The highest BCUT2D eigenvalue weighted by atomic mass is 127. The fourth-order valence-electron chi connectivity index (χ4n) is 2.09. The summed E-state index contributed by atoms with van der Waals surface area (Å²) >= 11 is 2.14. The lowest BCUT2D eigenvalue weighted by Crippen LogP contribution is -2.15. The summed E-state index contributed by atoms with van der Waals surface area (Å²) in [5.74, 6) is 0.668. The molecule has 7 heteroatoms. The van der Waals surface area contributed by atoms with E-state index < -0.39 is 5.97 Å². The van der Waals surface area contributed by atoms with Gasteiger partial charge in [0.15, 0.2) is 18.1 Å². The highest BCUT2D eigenvalue weighted by Crippen LogP contribution is 2.34. The van der Waals surface area contributed by atoms with Gasteiger partial charge in [-0.1, -0.05) is 18.2 Å². The number of anilines is 1. The number of carbonyl (C=O) groups excluding carboxylic acids is 1. The van der Waals surface area contributed by atoms with Crippen LogP contribution in [0.1, 0.15) is 19.4 Å². The molecule has 0 saturated carbocycles. The number of hydrazone groups is 1. The molecular formula is C19H21IN2O4. The van der Waals surface area contributed by atoms with Crippen molar-refractivity contribution in [2.45, 2.75) is 13.8 Å². The third-order valence-electron chi connectivity index (χ3n) is 3.15. The predicted molar refractivity (Wildman–Crippen MR) is 110 cm³/mol. The molecule has 2 rings (SSSR count). The van der Waals surface area contributed by atoms with Crippen molar-refractivity contribution in [3.63, 3.8) is 0 Å². The zero-order valence-corrected chi connectivity index (χ0v) is 16.9. The first-order valence-electron chi connectivity index (χ1n) is 8.23. The van der Waals surface area contributed by atoms with Crippen molar-refractivity contribution in [1.82, 2.24) is 0 Å². The lowest BCUT2D eigenvalue weighted by molar-refractivity contribution is -0.145. The molecule has 0 spiro atoms. The number of nitrogens with one attached hydrogen (secondary N) is 1. The van der Waals surface area contributed by atoms with E-state index in [1.54, 1.807) is 13.1 Å². The van der Waals surface area contributed by atoms with Crippen LogP contribution in [0.3, 0.4) is 0 Å². The number of hydrogen-bond acceptors (Lipinski definition) is 6. The van der Waals surface area contributed by atoms with E-state index in [0.29, 0.717) is 24.7 Å². The van der Waals surface area contributed by atoms with Gasteiger partial charge < -0.3 is 14.2 Å². The van der Waals surface area contributed by atoms with Gasteiger partial charge in [-0.05, 0) is 66.3 Å². The van der Waals surface area contributed by atoms with Crippen molar-refractivity contribution >= 4 is 40.5 Å². The number of ether oxygens (including phenoxy) is 3. The van der Waals surface area contributed by atoms with Gasteiger partial charge in [0.25, 0.3) is 0 Å². The molecule has 0 heterocycles. The number of benzene rings is 2. The van der Waals surface area contributed by atoms with Crippen LogP contribution in [-0.4, -0.2) is 32.0 Å². The van der Waals surface area contributed by atoms with Gasteiger partial charge in [-0.2, -0.15) is 5.10 Å². The summed E-state index contributed by atoms with van der Waals surface area (Å²) < 4.78 is 17.0. The summed E-state index contributed by atoms with van der Waals surface area (Å²) in [6.45, 7) is 4.29. The second kappa shape index (κ2) is 10.6. The quantitative estimate of drug-likeness (QED) is 0.260. The molecule has 138 valence electrons. The van der Waals surface area contributed by atoms with Crippen LogP contribution < -0.4 is 14.9 Å². The van der Waals surface area contributed by atoms with Gasteiger partial charge in [0.1, 0.15) is 0 Å². The molecule has 0 fully saturated rings. The Balaban J connectivity index is 2.12. The summed E-state index contributed by atoms with van der Waals surface area (Å²) in [5, 5.41) is 4.23. The standard InChI is InChI=1S/C19H21IN2O4/c1-3-24-17-11-14(12-21-22-15-8-6-5-7-9-15)10-16(20)19(17)26-13-18(23)25-4-2/h5-12,22H,3-4,13H2,1-2H3/b21-12+. The topological polar surface area (TPSA) is 69.2 Å². The van der Waals surface area contributed by atoms with Crippen LogP contribution in [0.15, 0.2) is 47.6 Å². The second-order valence-corrected chi connectivity index (χ2v) is 6.25. The Morgan fingerprint density at radius 1 is 1.15 bits per heavy atom. The van der Waals surface area contributed by atoms with Gasteiger partial charge in [-0.15, -0.1) is 0 Å². The maximum absolute atomic E-state index is 11.5. The van der Waals surface area contributed by atoms with Gasteiger partial charge in [0.2, 0.25) is 0 Å². The summed E-state index contributed by atoms with van der Waals surface area (Å²) in [4.78, 5) is 11.5. The highest BCUT2D eigenvalue weighted by molar-refractivity contribution is 14.1. The number of nitrogens with zero attached hydrogens (tertiary/aromatic N) is 1. The minimum absolute atomic E-state index is 0.160. The molecule has 0 unspecified atom stereocenters. The van der Waals surface area contributed by atoms with E-state index in [9.17, 15) is 4.79 Å². The molecule has 0 saturated heterocycles. The monoisotopic (exact) mass is 468 g/mol. The first-order valence-corrected chi connectivity index (χ1v) is 9.30. The number of carbonyl (C=O) groups is 1. The minimum atomic E-state index is -0.413. The van der Waals surface area contributed by atoms with E-state index >= 15 is 0 Å². The van der Waals surface area contributed by atoms with E-state index in [4.69, 9.17) is 14.2 Å². The van der Waals surface area contributed by atoms with Crippen molar-refractivity contribution in [1.29, 1.82) is 0 Å². The third kappa shape index (κ3) is 6.21. The Labute approximate surface area is 166 Å². The van der Waals surface area contributed by atoms with Crippen molar-refractivity contribution < 1.29 is 19.0 Å². The zero-order chi connectivity index (χ0) is 18.8. The maximum atomic E-state index is 11.5. The molecule has 0 aliphatic heterocycles. The SMILES string of the molecule is CCOC(=O)COc1c(I)cc(/C=N/Nc2ccccc2)cc1OCC. The number of rotatable bonds is 9. The average molecular weight is 468 g/mol. The number of para-hydroxylation sites is 1. The largest absolute Gasteiger partial charge is 0.490 e. The van der Waals surface area contributed by atoms with Crippen LogP contribution in [-0.2, 0) is 9.53 Å². The van der Waals surface area contributed by atoms with Crippen molar-refractivity contribution in [3.05, 3.63) is 51.6 Å². The van der Waals surface area contributed by atoms with Gasteiger partial charge in [0.05, 0.1) is 28.7 Å². The van der Waals surface area contributed by atoms with E-state index in [1.165, 1.54) is 0 Å². The number of esters is 1. The fraction of sp³-hybridized carbons (Fsp3) is 0.263. The molecule has 1 N–H and O–H groups in total. The van der Waals surface area contributed by atoms with E-state index in [2.05, 4.69) is 33.1 Å². The second-order valence-electron chi connectivity index (χ2n) is 5.09. The first kappa shape index (κ1) is 20.0. The summed E-state index contributed by atoms with van der Waals surface area (Å²) in [6, 6.07) is 13.4. The molecule has 2 aromatic rings. The average Bonchev–Trinajstić information content (AvgIpc) is 2.62. The minimum Gasteiger partial charge on any atom is -0.490 e. The van der Waals surface area contributed by atoms with E-state index in [1.807, 2.05) is 49.4 Å². The third-order valence-corrected chi connectivity index (χ3v) is 3.95. The molecule has 0 atom stereocenters. The lowest BCUT2D eigenvalue weighted by atomic mass is 10.2. The maximum Gasteiger partial charge on any atom is 0.344 e. The Kier molecular flexibility index (Phi) is 8.20. The van der Waals surface area contributed by atoms with Crippen LogP contribution in [0.5, 0.6) is 11.5 Å². The molecule has 2 aromatic carbocycles. The molecular weight excluding hydrogens is 447 g/mol. The Morgan fingerprint density at radius 2 is 1.92 bits per heavy atom. The summed E-state index contributed by atoms with van der Waals surface area (Å²) in [5.41, 5.74) is 4.72. The molecule has 0 radical (unpaired) electrons. The number of hydrogen-bond donors (Lipinski definition) is 1. The van der Waals surface area contributed by atoms with Crippen LogP contribution in [0, 0.1) is 3.57 Å². The molecule has 0 aromatic heterocycles. The molecule has 0 aliphatic rings. The predicted octanol–water partition coefficient (Wildman–Crippen LogP) is 4.08. The molecule has 26 heavy (non-hydrogen) atoms. The lowest BCUT2D eigenvalue weighted by Gasteiger charge is -2.14. The number of halogens is 1. The van der Waals surface area contributed by atoms with Gasteiger partial charge in [-0.25, -0.2) is 4.79 Å². The van der Waals surface area contributed by atoms with E-state index in [-0.39, 0.29) is 6.61 Å². The smallest absolute Gasteiger partial charge is 0.344 e. The molecule has 0 aliphatic carbocycles. The summed E-state index contributed by atoms with van der Waals surface area (Å²) in [6.07, 6.45) is 1.70.